The van der Waals surface area contributed by atoms with E-state index in [1.807, 2.05) is 30.3 Å². The number of para-hydroxylation sites is 1. The van der Waals surface area contributed by atoms with Gasteiger partial charge in [0.15, 0.2) is 6.61 Å². The lowest BCUT2D eigenvalue weighted by Gasteiger charge is -2.01. The van der Waals surface area contributed by atoms with Gasteiger partial charge < -0.3 is 9.15 Å². The number of fused-ring (bicyclic) bond motifs is 1. The molecule has 0 aliphatic heterocycles. The number of carbonyl (C=O) groups excluding carboxylic acids is 1. The highest BCUT2D eigenvalue weighted by Gasteiger charge is 2.08. The SMILES string of the molecule is O=C(OCc1cc2ccccc2o1)n1ccnc1. The van der Waals surface area contributed by atoms with Crippen LogP contribution in [0.2, 0.25) is 0 Å². The maximum Gasteiger partial charge on any atom is 0.419 e. The van der Waals surface area contributed by atoms with Crippen LogP contribution in [0.1, 0.15) is 5.76 Å². The van der Waals surface area contributed by atoms with Crippen molar-refractivity contribution in [1.29, 1.82) is 0 Å². The molecule has 0 amide bonds. The molecule has 2 aromatic heterocycles. The van der Waals surface area contributed by atoms with Crippen LogP contribution in [0.5, 0.6) is 0 Å². The largest absolute Gasteiger partial charge is 0.457 e. The van der Waals surface area contributed by atoms with Gasteiger partial charge in [-0.25, -0.2) is 14.3 Å². The molecule has 5 heteroatoms. The lowest BCUT2D eigenvalue weighted by molar-refractivity contribution is 0.133. The summed E-state index contributed by atoms with van der Waals surface area (Å²) in [5, 5.41) is 0.992. The third-order valence-corrected chi connectivity index (χ3v) is 2.53. The van der Waals surface area contributed by atoms with Crippen molar-refractivity contribution in [3.8, 4) is 0 Å². The molecule has 90 valence electrons. The Balaban J connectivity index is 1.71. The van der Waals surface area contributed by atoms with Gasteiger partial charge in [0.05, 0.1) is 0 Å². The van der Waals surface area contributed by atoms with E-state index >= 15 is 0 Å². The number of hydrogen-bond acceptors (Lipinski definition) is 4. The highest BCUT2D eigenvalue weighted by molar-refractivity contribution is 5.77. The first-order chi connectivity index (χ1) is 8.83. The van der Waals surface area contributed by atoms with Gasteiger partial charge in [-0.05, 0) is 12.1 Å². The van der Waals surface area contributed by atoms with Crippen molar-refractivity contribution in [2.75, 3.05) is 0 Å². The van der Waals surface area contributed by atoms with Crippen molar-refractivity contribution in [3.63, 3.8) is 0 Å². The van der Waals surface area contributed by atoms with Crippen LogP contribution in [0.3, 0.4) is 0 Å². The summed E-state index contributed by atoms with van der Waals surface area (Å²) in [7, 11) is 0. The van der Waals surface area contributed by atoms with E-state index in [-0.39, 0.29) is 6.61 Å². The summed E-state index contributed by atoms with van der Waals surface area (Å²) in [6.45, 7) is 0.103. The van der Waals surface area contributed by atoms with Crippen molar-refractivity contribution in [1.82, 2.24) is 9.55 Å². The van der Waals surface area contributed by atoms with Crippen molar-refractivity contribution >= 4 is 17.1 Å². The fraction of sp³-hybridized carbons (Fsp3) is 0.0769. The van der Waals surface area contributed by atoms with E-state index in [1.165, 1.54) is 23.3 Å². The van der Waals surface area contributed by atoms with Crippen LogP contribution in [-0.2, 0) is 11.3 Å². The number of imidazole rings is 1. The molecule has 5 nitrogen and oxygen atoms in total. The molecule has 0 fully saturated rings. The Bertz CT molecular complexity index is 637. The topological polar surface area (TPSA) is 57.3 Å². The molecule has 0 atom stereocenters. The Hall–Kier alpha value is -2.56. The van der Waals surface area contributed by atoms with E-state index in [4.69, 9.17) is 9.15 Å². The normalized spacial score (nSPS) is 10.7. The van der Waals surface area contributed by atoms with Gasteiger partial charge in [0.1, 0.15) is 17.7 Å². The minimum atomic E-state index is -0.479. The quantitative estimate of drug-likeness (QED) is 0.693. The third kappa shape index (κ3) is 1.98. The first-order valence-corrected chi connectivity index (χ1v) is 5.45. The van der Waals surface area contributed by atoms with Crippen molar-refractivity contribution in [3.05, 3.63) is 54.8 Å². The molecule has 0 unspecified atom stereocenters. The molecule has 3 aromatic rings. The number of benzene rings is 1. The van der Waals surface area contributed by atoms with Crippen molar-refractivity contribution in [2.45, 2.75) is 6.61 Å². The summed E-state index contributed by atoms with van der Waals surface area (Å²) in [6, 6.07) is 9.50. The fourth-order valence-electron chi connectivity index (χ4n) is 1.68. The van der Waals surface area contributed by atoms with E-state index in [0.29, 0.717) is 5.76 Å². The molecule has 0 bridgehead atoms. The molecule has 0 spiro atoms. The predicted octanol–water partition coefficient (Wildman–Crippen LogP) is 2.81. The van der Waals surface area contributed by atoms with Gasteiger partial charge in [-0.3, -0.25) is 0 Å². The Morgan fingerprint density at radius 3 is 3.06 bits per heavy atom. The number of furan rings is 1. The maximum atomic E-state index is 11.6. The van der Waals surface area contributed by atoms with Gasteiger partial charge in [0.25, 0.3) is 0 Å². The second kappa shape index (κ2) is 4.37. The molecule has 0 saturated heterocycles. The van der Waals surface area contributed by atoms with Crippen molar-refractivity contribution < 1.29 is 13.9 Å². The average molecular weight is 242 g/mol. The summed E-state index contributed by atoms with van der Waals surface area (Å²) in [5.74, 6) is 0.615. The van der Waals surface area contributed by atoms with Gasteiger partial charge in [0, 0.05) is 17.8 Å². The van der Waals surface area contributed by atoms with Gasteiger partial charge in [-0.1, -0.05) is 18.2 Å². The molecule has 0 aliphatic carbocycles. The number of aromatic nitrogens is 2. The highest BCUT2D eigenvalue weighted by atomic mass is 16.6. The highest BCUT2D eigenvalue weighted by Crippen LogP contribution is 2.19. The van der Waals surface area contributed by atoms with E-state index in [0.717, 1.165) is 11.0 Å². The molecule has 3 rings (SSSR count). The van der Waals surface area contributed by atoms with E-state index in [9.17, 15) is 4.79 Å². The molecule has 0 radical (unpaired) electrons. The smallest absolute Gasteiger partial charge is 0.419 e. The number of carbonyl (C=O) groups is 1. The zero-order valence-electron chi connectivity index (χ0n) is 9.45. The molecule has 2 heterocycles. The Morgan fingerprint density at radius 1 is 1.39 bits per heavy atom. The zero-order chi connectivity index (χ0) is 12.4. The summed E-state index contributed by atoms with van der Waals surface area (Å²) in [4.78, 5) is 15.3. The molecule has 1 aromatic carbocycles. The first kappa shape index (κ1) is 10.6. The minimum absolute atomic E-state index is 0.103. The van der Waals surface area contributed by atoms with Gasteiger partial charge in [-0.15, -0.1) is 0 Å². The number of rotatable bonds is 2. The summed E-state index contributed by atoms with van der Waals surface area (Å²) in [5.41, 5.74) is 0.783. The molecule has 18 heavy (non-hydrogen) atoms. The van der Waals surface area contributed by atoms with Crippen LogP contribution in [0.4, 0.5) is 4.79 Å². The molecule has 0 aliphatic rings. The number of nitrogens with zero attached hydrogens (tertiary/aromatic N) is 2. The average Bonchev–Trinajstić information content (AvgIpc) is 3.04. The van der Waals surface area contributed by atoms with Gasteiger partial charge in [-0.2, -0.15) is 0 Å². The van der Waals surface area contributed by atoms with Crippen LogP contribution in [0.25, 0.3) is 11.0 Å². The van der Waals surface area contributed by atoms with Crippen LogP contribution in [-0.4, -0.2) is 15.6 Å². The molecule has 0 N–H and O–H groups in total. The second-order valence-electron chi connectivity index (χ2n) is 3.78. The molecule has 0 saturated carbocycles. The number of hydrogen-bond donors (Lipinski definition) is 0. The van der Waals surface area contributed by atoms with Crippen LogP contribution in [0.15, 0.2) is 53.5 Å². The van der Waals surface area contributed by atoms with Gasteiger partial charge >= 0.3 is 6.09 Å². The predicted molar refractivity (Wildman–Crippen MR) is 64.0 cm³/mol. The van der Waals surface area contributed by atoms with Crippen LogP contribution in [0, 0.1) is 0 Å². The monoisotopic (exact) mass is 242 g/mol. The van der Waals surface area contributed by atoms with E-state index in [1.54, 1.807) is 0 Å². The standard InChI is InChI=1S/C13H10N2O3/c16-13(15-6-5-14-9-15)17-8-11-7-10-3-1-2-4-12(10)18-11/h1-7,9H,8H2. The number of ether oxygens (including phenoxy) is 1. The Kier molecular flexibility index (Phi) is 2.57. The van der Waals surface area contributed by atoms with Crippen LogP contribution < -0.4 is 0 Å². The third-order valence-electron chi connectivity index (χ3n) is 2.53. The lowest BCUT2D eigenvalue weighted by Crippen LogP contribution is -2.11. The summed E-state index contributed by atoms with van der Waals surface area (Å²) < 4.78 is 11.9. The summed E-state index contributed by atoms with van der Waals surface area (Å²) >= 11 is 0. The van der Waals surface area contributed by atoms with E-state index < -0.39 is 6.09 Å². The molecular weight excluding hydrogens is 232 g/mol. The Labute approximate surface area is 103 Å². The summed E-state index contributed by atoms with van der Waals surface area (Å²) in [6.07, 6.45) is 3.96. The fourth-order valence-corrected chi connectivity index (χ4v) is 1.68. The minimum Gasteiger partial charge on any atom is -0.457 e. The molecular formula is C13H10N2O3. The second-order valence-corrected chi connectivity index (χ2v) is 3.78. The first-order valence-electron chi connectivity index (χ1n) is 5.45. The van der Waals surface area contributed by atoms with Crippen molar-refractivity contribution in [2.24, 2.45) is 0 Å². The maximum absolute atomic E-state index is 11.6. The zero-order valence-corrected chi connectivity index (χ0v) is 9.45. The lowest BCUT2D eigenvalue weighted by atomic mass is 10.2. The van der Waals surface area contributed by atoms with Crippen LogP contribution >= 0.6 is 0 Å². The van der Waals surface area contributed by atoms with Gasteiger partial charge in [0.2, 0.25) is 0 Å². The van der Waals surface area contributed by atoms with E-state index in [2.05, 4.69) is 4.98 Å². The Morgan fingerprint density at radius 2 is 2.28 bits per heavy atom.